The van der Waals surface area contributed by atoms with Gasteiger partial charge in [0, 0.05) is 50.7 Å². The van der Waals surface area contributed by atoms with E-state index in [1.165, 1.54) is 24.3 Å². The van der Waals surface area contributed by atoms with Crippen molar-refractivity contribution < 1.29 is 17.6 Å². The average Bonchev–Trinajstić information content (AvgIpc) is 2.70. The number of halogens is 3. The number of rotatable bonds is 7. The maximum absolute atomic E-state index is 13.2. The van der Waals surface area contributed by atoms with E-state index in [0.717, 1.165) is 5.56 Å². The number of nitrogens with zero attached hydrogens (tertiary/aromatic N) is 2. The van der Waals surface area contributed by atoms with Gasteiger partial charge in [-0.3, -0.25) is 9.69 Å². The Bertz CT molecular complexity index is 1010. The molecule has 1 aliphatic rings. The summed E-state index contributed by atoms with van der Waals surface area (Å²) >= 11 is 12.0. The number of amides is 1. The zero-order valence-electron chi connectivity index (χ0n) is 16.2. The minimum atomic E-state index is -3.77. The zero-order chi connectivity index (χ0) is 21.7. The molecule has 1 N–H and O–H groups in total. The van der Waals surface area contributed by atoms with Crippen molar-refractivity contribution in [1.29, 1.82) is 0 Å². The van der Waals surface area contributed by atoms with E-state index in [2.05, 4.69) is 9.62 Å². The topological polar surface area (TPSA) is 69.7 Å². The minimum absolute atomic E-state index is 0.00219. The molecule has 0 spiro atoms. The second kappa shape index (κ2) is 10.1. The Hall–Kier alpha value is -1.71. The molecule has 0 aliphatic carbocycles. The van der Waals surface area contributed by atoms with Gasteiger partial charge in [0.2, 0.25) is 15.9 Å². The van der Waals surface area contributed by atoms with Gasteiger partial charge in [-0.1, -0.05) is 41.4 Å². The molecule has 1 heterocycles. The molecule has 0 bridgehead atoms. The largest absolute Gasteiger partial charge is 0.340 e. The molecule has 0 aromatic heterocycles. The number of hydrogen-bond donors (Lipinski definition) is 1. The Balaban J connectivity index is 1.45. The van der Waals surface area contributed by atoms with E-state index in [1.54, 1.807) is 23.1 Å². The summed E-state index contributed by atoms with van der Waals surface area (Å²) in [5.41, 5.74) is 0.840. The van der Waals surface area contributed by atoms with E-state index in [-0.39, 0.29) is 34.6 Å². The lowest BCUT2D eigenvalue weighted by atomic mass is 10.2. The van der Waals surface area contributed by atoms with Gasteiger partial charge in [0.1, 0.15) is 10.7 Å². The Morgan fingerprint density at radius 2 is 1.73 bits per heavy atom. The standard InChI is InChI=1S/C20H22Cl2FN3O3S/c21-17-3-1-2-4-19(17)30(28,29)24-8-7-20(27)26-11-9-25(10-12-26)14-15-5-6-16(23)13-18(15)22/h1-6,13,24H,7-12,14H2. The highest BCUT2D eigenvalue weighted by Crippen LogP contribution is 2.21. The van der Waals surface area contributed by atoms with Crippen LogP contribution in [0.5, 0.6) is 0 Å². The fraction of sp³-hybridized carbons (Fsp3) is 0.350. The van der Waals surface area contributed by atoms with Gasteiger partial charge in [-0.25, -0.2) is 17.5 Å². The van der Waals surface area contributed by atoms with Gasteiger partial charge in [-0.05, 0) is 29.8 Å². The smallest absolute Gasteiger partial charge is 0.242 e. The summed E-state index contributed by atoms with van der Waals surface area (Å²) in [5.74, 6) is -0.486. The van der Waals surface area contributed by atoms with Crippen molar-refractivity contribution in [3.05, 3.63) is 63.9 Å². The maximum atomic E-state index is 13.2. The summed E-state index contributed by atoms with van der Waals surface area (Å²) in [6, 6.07) is 10.5. The molecule has 0 radical (unpaired) electrons. The Kier molecular flexibility index (Phi) is 7.70. The summed E-state index contributed by atoms with van der Waals surface area (Å²) < 4.78 is 40.2. The first-order valence-corrected chi connectivity index (χ1v) is 11.7. The fourth-order valence-corrected chi connectivity index (χ4v) is 5.01. The zero-order valence-corrected chi connectivity index (χ0v) is 18.5. The Morgan fingerprint density at radius 3 is 2.40 bits per heavy atom. The molecule has 1 fully saturated rings. The van der Waals surface area contributed by atoms with E-state index < -0.39 is 10.0 Å². The van der Waals surface area contributed by atoms with Crippen molar-refractivity contribution in [3.63, 3.8) is 0 Å². The van der Waals surface area contributed by atoms with E-state index in [1.807, 2.05) is 0 Å². The van der Waals surface area contributed by atoms with Crippen LogP contribution in [0.2, 0.25) is 10.0 Å². The highest BCUT2D eigenvalue weighted by Gasteiger charge is 2.23. The summed E-state index contributed by atoms with van der Waals surface area (Å²) in [5, 5.41) is 0.521. The van der Waals surface area contributed by atoms with E-state index in [4.69, 9.17) is 23.2 Å². The van der Waals surface area contributed by atoms with Crippen molar-refractivity contribution >= 4 is 39.1 Å². The summed E-state index contributed by atoms with van der Waals surface area (Å²) in [6.07, 6.45) is 0.0630. The highest BCUT2D eigenvalue weighted by atomic mass is 35.5. The fourth-order valence-electron chi connectivity index (χ4n) is 3.24. The lowest BCUT2D eigenvalue weighted by molar-refractivity contribution is -0.132. The second-order valence-corrected chi connectivity index (χ2v) is 9.52. The van der Waals surface area contributed by atoms with E-state index >= 15 is 0 Å². The third-order valence-electron chi connectivity index (χ3n) is 4.89. The molecule has 3 rings (SSSR count). The van der Waals surface area contributed by atoms with Crippen LogP contribution in [0.25, 0.3) is 0 Å². The molecular weight excluding hydrogens is 452 g/mol. The van der Waals surface area contributed by atoms with Crippen LogP contribution in [-0.2, 0) is 21.4 Å². The molecule has 0 unspecified atom stereocenters. The Morgan fingerprint density at radius 1 is 1.03 bits per heavy atom. The summed E-state index contributed by atoms with van der Waals surface area (Å²) in [7, 11) is -3.77. The van der Waals surface area contributed by atoms with Gasteiger partial charge >= 0.3 is 0 Å². The predicted molar refractivity (Wildman–Crippen MR) is 115 cm³/mol. The van der Waals surface area contributed by atoms with Gasteiger partial charge in [0.25, 0.3) is 0 Å². The molecule has 2 aromatic carbocycles. The van der Waals surface area contributed by atoms with Gasteiger partial charge < -0.3 is 4.90 Å². The predicted octanol–water partition coefficient (Wildman–Crippen LogP) is 3.15. The molecule has 1 aliphatic heterocycles. The molecular formula is C20H22Cl2FN3O3S. The lowest BCUT2D eigenvalue weighted by Crippen LogP contribution is -2.48. The third-order valence-corrected chi connectivity index (χ3v) is 7.20. The lowest BCUT2D eigenvalue weighted by Gasteiger charge is -2.35. The van der Waals surface area contributed by atoms with Crippen LogP contribution in [0.4, 0.5) is 4.39 Å². The van der Waals surface area contributed by atoms with Crippen LogP contribution in [0, 0.1) is 5.82 Å². The quantitative estimate of drug-likeness (QED) is 0.670. The average molecular weight is 474 g/mol. The first kappa shape index (κ1) is 23.0. The number of sulfonamides is 1. The van der Waals surface area contributed by atoms with E-state index in [0.29, 0.717) is 37.7 Å². The van der Waals surface area contributed by atoms with Gasteiger partial charge in [0.05, 0.1) is 5.02 Å². The van der Waals surface area contributed by atoms with Crippen molar-refractivity contribution in [2.45, 2.75) is 17.9 Å². The van der Waals surface area contributed by atoms with Crippen LogP contribution < -0.4 is 4.72 Å². The first-order chi connectivity index (χ1) is 14.3. The van der Waals surface area contributed by atoms with E-state index in [9.17, 15) is 17.6 Å². The highest BCUT2D eigenvalue weighted by molar-refractivity contribution is 7.89. The van der Waals surface area contributed by atoms with Gasteiger partial charge in [-0.15, -0.1) is 0 Å². The minimum Gasteiger partial charge on any atom is -0.340 e. The molecule has 1 amide bonds. The molecule has 0 saturated carbocycles. The monoisotopic (exact) mass is 473 g/mol. The van der Waals surface area contributed by atoms with Gasteiger partial charge in [0.15, 0.2) is 0 Å². The SMILES string of the molecule is O=C(CCNS(=O)(=O)c1ccccc1Cl)N1CCN(Cc2ccc(F)cc2Cl)CC1. The van der Waals surface area contributed by atoms with Crippen LogP contribution in [-0.4, -0.2) is 56.8 Å². The maximum Gasteiger partial charge on any atom is 0.242 e. The third kappa shape index (κ3) is 5.92. The van der Waals surface area contributed by atoms with Crippen LogP contribution in [0.3, 0.4) is 0 Å². The number of piperazine rings is 1. The van der Waals surface area contributed by atoms with Crippen LogP contribution in [0.15, 0.2) is 47.4 Å². The number of carbonyl (C=O) groups is 1. The molecule has 1 saturated heterocycles. The normalized spacial score (nSPS) is 15.4. The molecule has 0 atom stereocenters. The number of hydrogen-bond acceptors (Lipinski definition) is 4. The van der Waals surface area contributed by atoms with Crippen molar-refractivity contribution in [2.75, 3.05) is 32.7 Å². The Labute approximate surface area is 185 Å². The number of benzene rings is 2. The number of nitrogens with one attached hydrogen (secondary N) is 1. The first-order valence-electron chi connectivity index (χ1n) is 9.44. The van der Waals surface area contributed by atoms with Crippen molar-refractivity contribution in [2.24, 2.45) is 0 Å². The molecule has 10 heteroatoms. The van der Waals surface area contributed by atoms with Crippen LogP contribution >= 0.6 is 23.2 Å². The second-order valence-electron chi connectivity index (χ2n) is 6.97. The summed E-state index contributed by atoms with van der Waals surface area (Å²) in [4.78, 5) is 16.3. The van der Waals surface area contributed by atoms with Crippen molar-refractivity contribution in [1.82, 2.24) is 14.5 Å². The summed E-state index contributed by atoms with van der Waals surface area (Å²) in [6.45, 7) is 2.97. The van der Waals surface area contributed by atoms with Crippen LogP contribution in [0.1, 0.15) is 12.0 Å². The number of carbonyl (C=O) groups excluding carboxylic acids is 1. The van der Waals surface area contributed by atoms with Gasteiger partial charge in [-0.2, -0.15) is 0 Å². The molecule has 162 valence electrons. The molecule has 30 heavy (non-hydrogen) atoms. The van der Waals surface area contributed by atoms with Crippen molar-refractivity contribution in [3.8, 4) is 0 Å². The molecule has 6 nitrogen and oxygen atoms in total. The molecule has 2 aromatic rings.